The van der Waals surface area contributed by atoms with Crippen molar-refractivity contribution in [3.05, 3.63) is 59.7 Å². The fraction of sp³-hybridized carbons (Fsp3) is 0.559. The summed E-state index contributed by atoms with van der Waals surface area (Å²) in [6, 6.07) is 12.9. The lowest BCUT2D eigenvalue weighted by Crippen LogP contribution is -2.68. The molecule has 2 aliphatic rings. The molecule has 2 aromatic rings. The third-order valence-corrected chi connectivity index (χ3v) is 10.4. The van der Waals surface area contributed by atoms with Crippen molar-refractivity contribution in [1.82, 2.24) is 20.7 Å². The van der Waals surface area contributed by atoms with Gasteiger partial charge < -0.3 is 40.4 Å². The summed E-state index contributed by atoms with van der Waals surface area (Å²) in [5.41, 5.74) is 4.08. The number of urea groups is 1. The van der Waals surface area contributed by atoms with Crippen LogP contribution in [0.3, 0.4) is 0 Å². The van der Waals surface area contributed by atoms with Gasteiger partial charge in [-0.25, -0.2) is 18.0 Å². The highest BCUT2D eigenvalue weighted by atomic mass is 32.2. The third kappa shape index (κ3) is 10.5. The molecule has 2 aliphatic heterocycles. The van der Waals surface area contributed by atoms with E-state index in [1.54, 1.807) is 36.4 Å². The molecule has 4 amide bonds. The van der Waals surface area contributed by atoms with Crippen molar-refractivity contribution in [1.29, 1.82) is 0 Å². The van der Waals surface area contributed by atoms with Crippen LogP contribution in [0, 0.1) is 11.3 Å². The molecule has 0 aromatic heterocycles. The third-order valence-electron chi connectivity index (χ3n) is 8.89. The van der Waals surface area contributed by atoms with Crippen LogP contribution in [0.25, 0.3) is 0 Å². The van der Waals surface area contributed by atoms with E-state index in [-0.39, 0.29) is 35.8 Å². The number of nitrogens with two attached hydrogens (primary N) is 1. The number of nitrogens with one attached hydrogen (secondary N) is 4. The number of methoxy groups -OCH3 is 1. The smallest absolute Gasteiger partial charge is 0.409 e. The standard InChI is InChI=1S/C34H49N5O10S/c1-22(40)34(18-23-9-6-5-7-10-23,38-32(43)49-28-21-48-30-26(28)13-16-47-30)39-50(44,45)25-11-12-27(46-4)24(17-25)19-33(2,3)14-8-15-36-31(42)37-20-29(35)41/h5-7,9-12,17,22,26,28,30,39-40H,8,13-16,18-21H2,1-4H3,(H2,35,41)(H,38,43)(H2,36,37,42)/t22-,26-,28-,30+,34+/m1/s1. The molecule has 0 radical (unpaired) electrons. The van der Waals surface area contributed by atoms with Crippen molar-refractivity contribution in [2.75, 3.05) is 33.4 Å². The molecule has 0 saturated carbocycles. The van der Waals surface area contributed by atoms with E-state index in [9.17, 15) is 27.9 Å². The Balaban J connectivity index is 1.52. The number of carbonyl (C=O) groups excluding carboxylic acids is 3. The first-order valence-electron chi connectivity index (χ1n) is 16.6. The van der Waals surface area contributed by atoms with E-state index in [4.69, 9.17) is 24.7 Å². The first-order chi connectivity index (χ1) is 23.6. The zero-order chi connectivity index (χ0) is 36.5. The minimum Gasteiger partial charge on any atom is -0.496 e. The van der Waals surface area contributed by atoms with Gasteiger partial charge in [0.25, 0.3) is 0 Å². The van der Waals surface area contributed by atoms with Crippen LogP contribution < -0.4 is 31.1 Å². The summed E-state index contributed by atoms with van der Waals surface area (Å²) < 4.78 is 53.3. The first-order valence-corrected chi connectivity index (χ1v) is 18.1. The van der Waals surface area contributed by atoms with Gasteiger partial charge in [-0.05, 0) is 67.3 Å². The number of hydrogen-bond acceptors (Lipinski definition) is 10. The Morgan fingerprint density at radius 3 is 2.50 bits per heavy atom. The Hall–Kier alpha value is -3.96. The van der Waals surface area contributed by atoms with Crippen LogP contribution in [0.1, 0.15) is 51.2 Å². The second-order valence-corrected chi connectivity index (χ2v) is 15.2. The molecule has 0 aliphatic carbocycles. The first kappa shape index (κ1) is 38.8. The van der Waals surface area contributed by atoms with E-state index in [0.717, 1.165) is 0 Å². The molecule has 2 aromatic carbocycles. The van der Waals surface area contributed by atoms with Crippen molar-refractivity contribution >= 4 is 28.1 Å². The molecule has 0 spiro atoms. The number of ether oxygens (including phenoxy) is 4. The van der Waals surface area contributed by atoms with Gasteiger partial charge in [0.15, 0.2) is 6.29 Å². The van der Waals surface area contributed by atoms with Crippen molar-refractivity contribution in [2.45, 2.75) is 81.9 Å². The molecule has 276 valence electrons. The molecule has 4 rings (SSSR count). The van der Waals surface area contributed by atoms with Gasteiger partial charge in [-0.1, -0.05) is 44.2 Å². The highest BCUT2D eigenvalue weighted by molar-refractivity contribution is 7.89. The molecule has 2 saturated heterocycles. The molecule has 50 heavy (non-hydrogen) atoms. The number of amides is 4. The fourth-order valence-corrected chi connectivity index (χ4v) is 7.66. The van der Waals surface area contributed by atoms with Gasteiger partial charge in [-0.15, -0.1) is 0 Å². The van der Waals surface area contributed by atoms with Crippen LogP contribution >= 0.6 is 0 Å². The van der Waals surface area contributed by atoms with Gasteiger partial charge in [-0.2, -0.15) is 4.72 Å². The monoisotopic (exact) mass is 719 g/mol. The lowest BCUT2D eigenvalue weighted by Gasteiger charge is -2.38. The van der Waals surface area contributed by atoms with Gasteiger partial charge in [0, 0.05) is 13.0 Å². The van der Waals surface area contributed by atoms with Crippen LogP contribution in [0.15, 0.2) is 53.4 Å². The predicted octanol–water partition coefficient (Wildman–Crippen LogP) is 1.91. The SMILES string of the molecule is COc1ccc(S(=O)(=O)N[C@](Cc2ccccc2)(NC(=O)O[C@@H]2CO[C@@H]3OCC[C@@H]32)[C@@H](C)O)cc1CC(C)(C)CCCNC(=O)NCC(N)=O. The summed E-state index contributed by atoms with van der Waals surface area (Å²) in [4.78, 5) is 36.0. The number of hydrogen-bond donors (Lipinski definition) is 6. The van der Waals surface area contributed by atoms with Gasteiger partial charge in [-0.3, -0.25) is 10.1 Å². The molecule has 2 fully saturated rings. The lowest BCUT2D eigenvalue weighted by atomic mass is 9.81. The van der Waals surface area contributed by atoms with E-state index in [2.05, 4.69) is 20.7 Å². The summed E-state index contributed by atoms with van der Waals surface area (Å²) in [6.07, 6.45) is -1.11. The maximum atomic E-state index is 14.1. The predicted molar refractivity (Wildman–Crippen MR) is 182 cm³/mol. The minimum atomic E-state index is -4.38. The van der Waals surface area contributed by atoms with E-state index in [1.807, 2.05) is 13.8 Å². The lowest BCUT2D eigenvalue weighted by molar-refractivity contribution is -0.117. The van der Waals surface area contributed by atoms with Crippen LogP contribution in [0.5, 0.6) is 5.75 Å². The van der Waals surface area contributed by atoms with E-state index < -0.39 is 52.2 Å². The number of benzene rings is 2. The molecule has 0 bridgehead atoms. The van der Waals surface area contributed by atoms with Crippen molar-refractivity contribution in [3.63, 3.8) is 0 Å². The summed E-state index contributed by atoms with van der Waals surface area (Å²) in [7, 11) is -2.89. The molecular weight excluding hydrogens is 670 g/mol. The zero-order valence-corrected chi connectivity index (χ0v) is 29.7. The van der Waals surface area contributed by atoms with Crippen LogP contribution in [-0.4, -0.2) is 89.1 Å². The van der Waals surface area contributed by atoms with Gasteiger partial charge in [0.2, 0.25) is 15.9 Å². The van der Waals surface area contributed by atoms with E-state index in [0.29, 0.717) is 55.7 Å². The number of primary amides is 1. The molecule has 7 N–H and O–H groups in total. The van der Waals surface area contributed by atoms with Crippen LogP contribution in [0.4, 0.5) is 9.59 Å². The summed E-state index contributed by atoms with van der Waals surface area (Å²) in [6.45, 7) is 6.14. The number of alkyl carbamates (subject to hydrolysis) is 1. The minimum absolute atomic E-state index is 0.0964. The molecule has 2 heterocycles. The van der Waals surface area contributed by atoms with E-state index in [1.165, 1.54) is 26.2 Å². The average molecular weight is 720 g/mol. The number of aliphatic hydroxyl groups is 1. The van der Waals surface area contributed by atoms with Gasteiger partial charge in [0.05, 0.1) is 43.8 Å². The zero-order valence-electron chi connectivity index (χ0n) is 28.9. The second-order valence-electron chi connectivity index (χ2n) is 13.5. The largest absolute Gasteiger partial charge is 0.496 e. The molecule has 16 heteroatoms. The normalized spacial score (nSPS) is 20.6. The summed E-state index contributed by atoms with van der Waals surface area (Å²) in [5, 5.41) is 18.9. The van der Waals surface area contributed by atoms with Crippen molar-refractivity contribution in [3.8, 4) is 5.75 Å². The maximum absolute atomic E-state index is 14.1. The highest BCUT2D eigenvalue weighted by Crippen LogP contribution is 2.35. The fourth-order valence-electron chi connectivity index (χ4n) is 6.22. The van der Waals surface area contributed by atoms with Crippen LogP contribution in [-0.2, 0) is 41.9 Å². The topological polar surface area (TPSA) is 217 Å². The maximum Gasteiger partial charge on any atom is 0.409 e. The van der Waals surface area contributed by atoms with Gasteiger partial charge >= 0.3 is 12.1 Å². The summed E-state index contributed by atoms with van der Waals surface area (Å²) >= 11 is 0. The quantitative estimate of drug-likeness (QED) is 0.103. The Bertz CT molecular complexity index is 1590. The van der Waals surface area contributed by atoms with E-state index >= 15 is 0 Å². The second kappa shape index (κ2) is 16.8. The molecule has 5 atom stereocenters. The van der Waals surface area contributed by atoms with Gasteiger partial charge in [0.1, 0.15) is 17.5 Å². The summed E-state index contributed by atoms with van der Waals surface area (Å²) in [5.74, 6) is -0.297. The number of rotatable bonds is 17. The Labute approximate surface area is 293 Å². The molecular formula is C34H49N5O10S. The Kier molecular flexibility index (Phi) is 13.1. The van der Waals surface area contributed by atoms with Crippen LogP contribution in [0.2, 0.25) is 0 Å². The number of aliphatic hydroxyl groups excluding tert-OH is 1. The average Bonchev–Trinajstić information content (AvgIpc) is 3.67. The highest BCUT2D eigenvalue weighted by Gasteiger charge is 2.46. The van der Waals surface area contributed by atoms with Crippen molar-refractivity contribution < 1.29 is 46.9 Å². The Morgan fingerprint density at radius 1 is 1.08 bits per heavy atom. The number of fused-ring (bicyclic) bond motifs is 1. The molecule has 15 nitrogen and oxygen atoms in total. The molecule has 0 unspecified atom stereocenters. The number of sulfonamides is 1. The Morgan fingerprint density at radius 2 is 1.82 bits per heavy atom. The van der Waals surface area contributed by atoms with Crippen molar-refractivity contribution in [2.24, 2.45) is 17.1 Å². The number of carbonyl (C=O) groups is 3.